The quantitative estimate of drug-likeness (QED) is 0.797. The molecule has 0 atom stereocenters. The van der Waals surface area contributed by atoms with E-state index in [1.54, 1.807) is 0 Å². The van der Waals surface area contributed by atoms with E-state index in [2.05, 4.69) is 15.3 Å². The van der Waals surface area contributed by atoms with Crippen LogP contribution in [0.2, 0.25) is 0 Å². The highest BCUT2D eigenvalue weighted by atomic mass is 16.5. The van der Waals surface area contributed by atoms with Gasteiger partial charge < -0.3 is 20.5 Å². The Labute approximate surface area is 107 Å². The van der Waals surface area contributed by atoms with Crippen LogP contribution in [0.1, 0.15) is 26.7 Å². The first-order chi connectivity index (χ1) is 8.74. The first-order valence-corrected chi connectivity index (χ1v) is 6.36. The van der Waals surface area contributed by atoms with Crippen molar-refractivity contribution in [2.75, 3.05) is 24.3 Å². The van der Waals surface area contributed by atoms with Crippen LogP contribution in [-0.4, -0.2) is 35.3 Å². The van der Waals surface area contributed by atoms with E-state index < -0.39 is 0 Å². The molecule has 18 heavy (non-hydrogen) atoms. The Hall–Kier alpha value is -1.56. The van der Waals surface area contributed by atoms with Crippen LogP contribution < -0.4 is 15.8 Å². The molecule has 0 bridgehead atoms. The van der Waals surface area contributed by atoms with E-state index in [1.165, 1.54) is 6.33 Å². The van der Waals surface area contributed by atoms with Crippen molar-refractivity contribution in [3.63, 3.8) is 0 Å². The molecular weight excluding hydrogens is 232 g/mol. The average Bonchev–Trinajstić information content (AvgIpc) is 2.31. The SMILES string of the molecule is CCOc1ncnc(NC2CC(OCC)C2)c1N. The maximum atomic E-state index is 5.95. The Bertz CT molecular complexity index is 394. The van der Waals surface area contributed by atoms with Gasteiger partial charge in [0.1, 0.15) is 12.0 Å². The van der Waals surface area contributed by atoms with Crippen LogP contribution in [0, 0.1) is 0 Å². The molecule has 100 valence electrons. The summed E-state index contributed by atoms with van der Waals surface area (Å²) in [6.07, 6.45) is 3.80. The lowest BCUT2D eigenvalue weighted by Crippen LogP contribution is -2.41. The van der Waals surface area contributed by atoms with Crippen molar-refractivity contribution in [3.8, 4) is 5.88 Å². The van der Waals surface area contributed by atoms with Crippen LogP contribution in [0.5, 0.6) is 5.88 Å². The molecule has 6 nitrogen and oxygen atoms in total. The summed E-state index contributed by atoms with van der Waals surface area (Å²) in [6.45, 7) is 5.21. The molecule has 1 heterocycles. The molecule has 0 aliphatic heterocycles. The van der Waals surface area contributed by atoms with Gasteiger partial charge in [-0.25, -0.2) is 4.98 Å². The molecule has 1 aromatic rings. The highest BCUT2D eigenvalue weighted by Crippen LogP contribution is 2.30. The molecule has 0 saturated heterocycles. The van der Waals surface area contributed by atoms with Crippen molar-refractivity contribution < 1.29 is 9.47 Å². The number of hydrogen-bond donors (Lipinski definition) is 2. The summed E-state index contributed by atoms with van der Waals surface area (Å²) in [5.41, 5.74) is 6.42. The predicted molar refractivity (Wildman–Crippen MR) is 69.7 cm³/mol. The Balaban J connectivity index is 1.92. The largest absolute Gasteiger partial charge is 0.476 e. The monoisotopic (exact) mass is 252 g/mol. The maximum Gasteiger partial charge on any atom is 0.242 e. The van der Waals surface area contributed by atoms with Crippen LogP contribution in [0.3, 0.4) is 0 Å². The lowest BCUT2D eigenvalue weighted by molar-refractivity contribution is 0.00293. The third kappa shape index (κ3) is 2.81. The number of nitrogen functional groups attached to an aromatic ring is 1. The van der Waals surface area contributed by atoms with Gasteiger partial charge in [0.25, 0.3) is 0 Å². The molecule has 3 N–H and O–H groups in total. The fourth-order valence-electron chi connectivity index (χ4n) is 1.99. The smallest absolute Gasteiger partial charge is 0.242 e. The lowest BCUT2D eigenvalue weighted by atomic mass is 9.89. The van der Waals surface area contributed by atoms with Crippen LogP contribution in [-0.2, 0) is 4.74 Å². The molecule has 6 heteroatoms. The molecule has 1 fully saturated rings. The van der Waals surface area contributed by atoms with Crippen LogP contribution in [0.4, 0.5) is 11.5 Å². The van der Waals surface area contributed by atoms with Gasteiger partial charge in [0.2, 0.25) is 5.88 Å². The van der Waals surface area contributed by atoms with Gasteiger partial charge in [0.15, 0.2) is 5.82 Å². The number of nitrogens with two attached hydrogens (primary N) is 1. The van der Waals surface area contributed by atoms with Gasteiger partial charge in [-0.05, 0) is 26.7 Å². The number of nitrogens with one attached hydrogen (secondary N) is 1. The molecule has 1 aromatic heterocycles. The minimum Gasteiger partial charge on any atom is -0.476 e. The van der Waals surface area contributed by atoms with E-state index in [-0.39, 0.29) is 0 Å². The lowest BCUT2D eigenvalue weighted by Gasteiger charge is -2.35. The molecular formula is C12H20N4O2. The number of nitrogens with zero attached hydrogens (tertiary/aromatic N) is 2. The summed E-state index contributed by atoms with van der Waals surface area (Å²) in [5, 5.41) is 3.30. The Morgan fingerprint density at radius 3 is 2.78 bits per heavy atom. The van der Waals surface area contributed by atoms with Gasteiger partial charge in [-0.15, -0.1) is 0 Å². The first kappa shape index (κ1) is 12.9. The third-order valence-electron chi connectivity index (χ3n) is 2.97. The van der Waals surface area contributed by atoms with E-state index in [1.807, 2.05) is 13.8 Å². The maximum absolute atomic E-state index is 5.95. The Morgan fingerprint density at radius 2 is 2.11 bits per heavy atom. The molecule has 1 saturated carbocycles. The van der Waals surface area contributed by atoms with E-state index in [4.69, 9.17) is 15.2 Å². The van der Waals surface area contributed by atoms with E-state index in [9.17, 15) is 0 Å². The number of aromatic nitrogens is 2. The second-order valence-electron chi connectivity index (χ2n) is 4.26. The normalized spacial score (nSPS) is 22.3. The second kappa shape index (κ2) is 5.86. The summed E-state index contributed by atoms with van der Waals surface area (Å²) in [7, 11) is 0. The fourth-order valence-corrected chi connectivity index (χ4v) is 1.99. The van der Waals surface area contributed by atoms with Crippen molar-refractivity contribution >= 4 is 11.5 Å². The van der Waals surface area contributed by atoms with Crippen LogP contribution >= 0.6 is 0 Å². The standard InChI is InChI=1S/C12H20N4O2/c1-3-17-9-5-8(6-9)16-11-10(13)12(18-4-2)15-7-14-11/h7-9H,3-6,13H2,1-2H3,(H,14,15,16). The Morgan fingerprint density at radius 1 is 1.33 bits per heavy atom. The Kier molecular flexibility index (Phi) is 4.19. The van der Waals surface area contributed by atoms with Crippen LogP contribution in [0.25, 0.3) is 0 Å². The minimum atomic E-state index is 0.363. The summed E-state index contributed by atoms with van der Waals surface area (Å²) < 4.78 is 10.8. The summed E-state index contributed by atoms with van der Waals surface area (Å²) in [5.74, 6) is 1.09. The fraction of sp³-hybridized carbons (Fsp3) is 0.667. The zero-order chi connectivity index (χ0) is 13.0. The van der Waals surface area contributed by atoms with Gasteiger partial charge in [-0.3, -0.25) is 0 Å². The van der Waals surface area contributed by atoms with Gasteiger partial charge in [-0.1, -0.05) is 0 Å². The van der Waals surface area contributed by atoms with Gasteiger partial charge in [0, 0.05) is 12.6 Å². The number of anilines is 2. The summed E-state index contributed by atoms with van der Waals surface area (Å²) >= 11 is 0. The van der Waals surface area contributed by atoms with Gasteiger partial charge in [0.05, 0.1) is 12.7 Å². The molecule has 0 radical (unpaired) electrons. The molecule has 0 aromatic carbocycles. The van der Waals surface area contributed by atoms with E-state index in [0.717, 1.165) is 19.4 Å². The molecule has 0 spiro atoms. The topological polar surface area (TPSA) is 82.3 Å². The molecule has 2 rings (SSSR count). The summed E-state index contributed by atoms with van der Waals surface area (Å²) in [6, 6.07) is 0.369. The number of rotatable bonds is 6. The number of hydrogen-bond acceptors (Lipinski definition) is 6. The molecule has 0 amide bonds. The van der Waals surface area contributed by atoms with Crippen molar-refractivity contribution in [1.29, 1.82) is 0 Å². The summed E-state index contributed by atoms with van der Waals surface area (Å²) in [4.78, 5) is 8.15. The van der Waals surface area contributed by atoms with Crippen molar-refractivity contribution in [1.82, 2.24) is 9.97 Å². The molecule has 0 unspecified atom stereocenters. The first-order valence-electron chi connectivity index (χ1n) is 6.36. The zero-order valence-corrected chi connectivity index (χ0v) is 10.8. The van der Waals surface area contributed by atoms with Crippen LogP contribution in [0.15, 0.2) is 6.33 Å². The number of ether oxygens (including phenoxy) is 2. The van der Waals surface area contributed by atoms with E-state index >= 15 is 0 Å². The molecule has 1 aliphatic rings. The van der Waals surface area contributed by atoms with Gasteiger partial charge >= 0.3 is 0 Å². The van der Waals surface area contributed by atoms with Gasteiger partial charge in [-0.2, -0.15) is 4.98 Å². The highest BCUT2D eigenvalue weighted by Gasteiger charge is 2.30. The molecule has 1 aliphatic carbocycles. The van der Waals surface area contributed by atoms with Crippen molar-refractivity contribution in [2.24, 2.45) is 0 Å². The minimum absolute atomic E-state index is 0.363. The average molecular weight is 252 g/mol. The third-order valence-corrected chi connectivity index (χ3v) is 2.97. The highest BCUT2D eigenvalue weighted by molar-refractivity contribution is 5.66. The van der Waals surface area contributed by atoms with Crippen molar-refractivity contribution in [2.45, 2.75) is 38.8 Å². The van der Waals surface area contributed by atoms with Crippen molar-refractivity contribution in [3.05, 3.63) is 6.33 Å². The zero-order valence-electron chi connectivity index (χ0n) is 10.8. The second-order valence-corrected chi connectivity index (χ2v) is 4.26. The predicted octanol–water partition coefficient (Wildman–Crippen LogP) is 1.44. The van der Waals surface area contributed by atoms with E-state index in [0.29, 0.717) is 36.1 Å².